The molecule has 0 saturated carbocycles. The SMILES string of the molecule is Cc1cnc(-c2cc(OC3CCOC3)cc(C(=O)O)c2F)s1. The summed E-state index contributed by atoms with van der Waals surface area (Å²) < 4.78 is 25.4. The van der Waals surface area contributed by atoms with Crippen molar-refractivity contribution in [3.8, 4) is 16.3 Å². The highest BCUT2D eigenvalue weighted by Crippen LogP contribution is 2.33. The van der Waals surface area contributed by atoms with E-state index >= 15 is 0 Å². The minimum Gasteiger partial charge on any atom is -0.488 e. The number of rotatable bonds is 4. The summed E-state index contributed by atoms with van der Waals surface area (Å²) in [5, 5.41) is 9.63. The second kappa shape index (κ2) is 6.02. The maximum atomic E-state index is 14.4. The van der Waals surface area contributed by atoms with Crippen molar-refractivity contribution in [3.63, 3.8) is 0 Å². The van der Waals surface area contributed by atoms with Crippen molar-refractivity contribution in [2.75, 3.05) is 13.2 Å². The summed E-state index contributed by atoms with van der Waals surface area (Å²) in [6, 6.07) is 2.71. The molecule has 2 heterocycles. The number of nitrogens with zero attached hydrogens (tertiary/aromatic N) is 1. The molecule has 0 amide bonds. The van der Waals surface area contributed by atoms with Crippen molar-refractivity contribution in [1.82, 2.24) is 4.98 Å². The third-order valence-corrected chi connectivity index (χ3v) is 4.26. The van der Waals surface area contributed by atoms with E-state index in [1.54, 1.807) is 6.20 Å². The first-order valence-electron chi connectivity index (χ1n) is 6.78. The van der Waals surface area contributed by atoms with Gasteiger partial charge in [-0.3, -0.25) is 0 Å². The molecule has 116 valence electrons. The Bertz CT molecular complexity index is 710. The number of aromatic carboxylic acids is 1. The lowest BCUT2D eigenvalue weighted by molar-refractivity contribution is 0.0691. The normalized spacial score (nSPS) is 17.6. The molecule has 0 spiro atoms. The molecule has 1 aliphatic heterocycles. The molecule has 0 radical (unpaired) electrons. The summed E-state index contributed by atoms with van der Waals surface area (Å²) in [7, 11) is 0. The van der Waals surface area contributed by atoms with Crippen LogP contribution in [-0.2, 0) is 4.74 Å². The van der Waals surface area contributed by atoms with Gasteiger partial charge in [0.2, 0.25) is 0 Å². The third kappa shape index (κ3) is 2.95. The number of thiazole rings is 1. The van der Waals surface area contributed by atoms with Gasteiger partial charge in [0.15, 0.2) is 0 Å². The first-order valence-corrected chi connectivity index (χ1v) is 7.60. The molecule has 22 heavy (non-hydrogen) atoms. The molecule has 1 N–H and O–H groups in total. The van der Waals surface area contributed by atoms with E-state index in [1.165, 1.54) is 23.5 Å². The van der Waals surface area contributed by atoms with E-state index in [0.717, 1.165) is 11.3 Å². The van der Waals surface area contributed by atoms with E-state index in [0.29, 0.717) is 24.0 Å². The lowest BCUT2D eigenvalue weighted by atomic mass is 10.1. The zero-order valence-corrected chi connectivity index (χ0v) is 12.7. The number of carbonyl (C=O) groups is 1. The molecular weight excluding hydrogens is 309 g/mol. The fourth-order valence-electron chi connectivity index (χ4n) is 2.25. The van der Waals surface area contributed by atoms with Gasteiger partial charge in [0, 0.05) is 17.5 Å². The summed E-state index contributed by atoms with van der Waals surface area (Å²) >= 11 is 1.30. The number of carboxylic acids is 1. The Labute approximate surface area is 130 Å². The predicted molar refractivity (Wildman–Crippen MR) is 79.1 cm³/mol. The Balaban J connectivity index is 2.03. The van der Waals surface area contributed by atoms with E-state index in [1.807, 2.05) is 6.92 Å². The zero-order valence-electron chi connectivity index (χ0n) is 11.8. The maximum Gasteiger partial charge on any atom is 0.338 e. The molecule has 1 aromatic carbocycles. The van der Waals surface area contributed by atoms with Crippen molar-refractivity contribution in [2.24, 2.45) is 0 Å². The van der Waals surface area contributed by atoms with Gasteiger partial charge in [-0.1, -0.05) is 0 Å². The fraction of sp³-hybridized carbons (Fsp3) is 0.333. The predicted octanol–water partition coefficient (Wildman–Crippen LogP) is 3.12. The van der Waals surface area contributed by atoms with E-state index in [4.69, 9.17) is 9.47 Å². The Morgan fingerprint density at radius 3 is 2.95 bits per heavy atom. The molecule has 0 bridgehead atoms. The summed E-state index contributed by atoms with van der Waals surface area (Å²) in [5.74, 6) is -1.81. The van der Waals surface area contributed by atoms with Crippen LogP contribution in [0.2, 0.25) is 0 Å². The fourth-order valence-corrected chi connectivity index (χ4v) is 3.03. The maximum absolute atomic E-state index is 14.4. The lowest BCUT2D eigenvalue weighted by Gasteiger charge is -2.14. The second-order valence-electron chi connectivity index (χ2n) is 5.02. The average molecular weight is 323 g/mol. The van der Waals surface area contributed by atoms with Gasteiger partial charge >= 0.3 is 5.97 Å². The zero-order chi connectivity index (χ0) is 15.7. The molecule has 1 atom stereocenters. The number of ether oxygens (including phenoxy) is 2. The second-order valence-corrected chi connectivity index (χ2v) is 6.25. The van der Waals surface area contributed by atoms with Crippen molar-refractivity contribution >= 4 is 17.3 Å². The molecule has 7 heteroatoms. The standard InChI is InChI=1S/C15H14FNO4S/c1-8-6-17-14(22-8)11-4-10(21-9-2-3-20-7-9)5-12(13(11)16)15(18)19/h4-6,9H,2-3,7H2,1H3,(H,18,19). The van der Waals surface area contributed by atoms with Gasteiger partial charge in [-0.2, -0.15) is 0 Å². The van der Waals surface area contributed by atoms with Gasteiger partial charge in [0.05, 0.1) is 24.3 Å². The largest absolute Gasteiger partial charge is 0.488 e. The molecule has 0 aliphatic carbocycles. The van der Waals surface area contributed by atoms with Crippen LogP contribution in [0.5, 0.6) is 5.75 Å². The highest BCUT2D eigenvalue weighted by atomic mass is 32.1. The van der Waals surface area contributed by atoms with Gasteiger partial charge in [-0.25, -0.2) is 14.2 Å². The van der Waals surface area contributed by atoms with E-state index in [-0.39, 0.29) is 11.7 Å². The Hall–Kier alpha value is -1.99. The summed E-state index contributed by atoms with van der Waals surface area (Å²) in [6.45, 7) is 2.91. The lowest BCUT2D eigenvalue weighted by Crippen LogP contribution is -2.16. The van der Waals surface area contributed by atoms with Gasteiger partial charge in [-0.05, 0) is 19.1 Å². The van der Waals surface area contributed by atoms with Gasteiger partial charge < -0.3 is 14.6 Å². The molecule has 5 nitrogen and oxygen atoms in total. The summed E-state index contributed by atoms with van der Waals surface area (Å²) in [5.41, 5.74) is -0.272. The van der Waals surface area contributed by atoms with Crippen molar-refractivity contribution in [2.45, 2.75) is 19.4 Å². The van der Waals surface area contributed by atoms with E-state index in [2.05, 4.69) is 4.98 Å². The number of aromatic nitrogens is 1. The molecule has 2 aromatic rings. The van der Waals surface area contributed by atoms with Gasteiger partial charge in [0.25, 0.3) is 0 Å². The molecular formula is C15H14FNO4S. The van der Waals surface area contributed by atoms with Crippen molar-refractivity contribution in [1.29, 1.82) is 0 Å². The van der Waals surface area contributed by atoms with Crippen LogP contribution in [-0.4, -0.2) is 35.4 Å². The molecule has 1 saturated heterocycles. The van der Waals surface area contributed by atoms with Crippen LogP contribution in [0.1, 0.15) is 21.7 Å². The van der Waals surface area contributed by atoms with Crippen LogP contribution in [0.4, 0.5) is 4.39 Å². The average Bonchev–Trinajstić information content (AvgIpc) is 3.12. The van der Waals surface area contributed by atoms with Crippen LogP contribution < -0.4 is 4.74 Å². The third-order valence-electron chi connectivity index (χ3n) is 3.32. The van der Waals surface area contributed by atoms with Crippen LogP contribution in [0.15, 0.2) is 18.3 Å². The number of benzene rings is 1. The smallest absolute Gasteiger partial charge is 0.338 e. The van der Waals surface area contributed by atoms with Crippen molar-refractivity contribution in [3.05, 3.63) is 34.6 Å². The summed E-state index contributed by atoms with van der Waals surface area (Å²) in [6.07, 6.45) is 2.21. The quantitative estimate of drug-likeness (QED) is 0.936. The summed E-state index contributed by atoms with van der Waals surface area (Å²) in [4.78, 5) is 16.3. The van der Waals surface area contributed by atoms with Crippen LogP contribution in [0.25, 0.3) is 10.6 Å². The first kappa shape index (κ1) is 14.9. The molecule has 1 aromatic heterocycles. The van der Waals surface area contributed by atoms with E-state index < -0.39 is 17.3 Å². The van der Waals surface area contributed by atoms with E-state index in [9.17, 15) is 14.3 Å². The molecule has 1 unspecified atom stereocenters. The molecule has 3 rings (SSSR count). The highest BCUT2D eigenvalue weighted by Gasteiger charge is 2.23. The molecule has 1 fully saturated rings. The highest BCUT2D eigenvalue weighted by molar-refractivity contribution is 7.14. The number of aryl methyl sites for hydroxylation is 1. The number of carboxylic acid groups (broad SMARTS) is 1. The number of hydrogen-bond acceptors (Lipinski definition) is 5. The Morgan fingerprint density at radius 2 is 2.36 bits per heavy atom. The Kier molecular flexibility index (Phi) is 4.08. The van der Waals surface area contributed by atoms with Crippen LogP contribution in [0.3, 0.4) is 0 Å². The number of halogens is 1. The van der Waals surface area contributed by atoms with Crippen LogP contribution >= 0.6 is 11.3 Å². The molecule has 1 aliphatic rings. The monoisotopic (exact) mass is 323 g/mol. The van der Waals surface area contributed by atoms with Crippen molar-refractivity contribution < 1.29 is 23.8 Å². The topological polar surface area (TPSA) is 68.7 Å². The number of hydrogen-bond donors (Lipinski definition) is 1. The van der Waals surface area contributed by atoms with Gasteiger partial charge in [0.1, 0.15) is 22.7 Å². The van der Waals surface area contributed by atoms with Crippen LogP contribution in [0, 0.1) is 12.7 Å². The minimum absolute atomic E-state index is 0.141. The van der Waals surface area contributed by atoms with Gasteiger partial charge in [-0.15, -0.1) is 11.3 Å². The Morgan fingerprint density at radius 1 is 1.55 bits per heavy atom. The first-order chi connectivity index (χ1) is 10.5. The minimum atomic E-state index is -1.33.